The van der Waals surface area contributed by atoms with E-state index in [1.807, 2.05) is 13.8 Å². The van der Waals surface area contributed by atoms with Gasteiger partial charge in [0.05, 0.1) is 0 Å². The predicted octanol–water partition coefficient (Wildman–Crippen LogP) is -0.604. The van der Waals surface area contributed by atoms with Gasteiger partial charge in [0.15, 0.2) is 0 Å². The molecule has 0 aliphatic rings. The molecule has 4 heteroatoms. The Morgan fingerprint density at radius 1 is 1.70 bits per heavy atom. The Morgan fingerprint density at radius 2 is 2.20 bits per heavy atom. The van der Waals surface area contributed by atoms with E-state index in [2.05, 4.69) is 5.32 Å². The van der Waals surface area contributed by atoms with E-state index in [4.69, 9.17) is 10.8 Å². The number of rotatable bonds is 4. The second kappa shape index (κ2) is 4.24. The molecule has 0 saturated carbocycles. The van der Waals surface area contributed by atoms with Crippen LogP contribution in [0.15, 0.2) is 0 Å². The first-order valence-electron chi connectivity index (χ1n) is 3.26. The van der Waals surface area contributed by atoms with Gasteiger partial charge in [0.1, 0.15) is 6.04 Å². The molecule has 4 nitrogen and oxygen atoms in total. The van der Waals surface area contributed by atoms with Crippen molar-refractivity contribution in [1.29, 1.82) is 0 Å². The van der Waals surface area contributed by atoms with E-state index < -0.39 is 12.0 Å². The third-order valence-corrected chi connectivity index (χ3v) is 1.07. The average molecular weight is 146 g/mol. The van der Waals surface area contributed by atoms with Crippen molar-refractivity contribution < 1.29 is 9.90 Å². The summed E-state index contributed by atoms with van der Waals surface area (Å²) < 4.78 is 0. The maximum Gasteiger partial charge on any atom is 0.322 e. The number of hydrogen-bond donors (Lipinski definition) is 3. The maximum atomic E-state index is 10.3. The molecule has 0 spiro atoms. The lowest BCUT2D eigenvalue weighted by atomic mass is 10.2. The number of carbonyl (C=O) groups is 1. The Balaban J connectivity index is 3.72. The SMILES string of the molecule is CC(C)NC(CN)C(=O)O. The van der Waals surface area contributed by atoms with E-state index in [0.717, 1.165) is 0 Å². The van der Waals surface area contributed by atoms with E-state index in [0.29, 0.717) is 0 Å². The molecule has 0 bridgehead atoms. The average Bonchev–Trinajstić information content (AvgIpc) is 1.81. The number of carboxylic acids is 1. The molecule has 1 unspecified atom stereocenters. The zero-order valence-electron chi connectivity index (χ0n) is 6.29. The minimum absolute atomic E-state index is 0.132. The molecule has 10 heavy (non-hydrogen) atoms. The second-order valence-corrected chi connectivity index (χ2v) is 2.45. The minimum Gasteiger partial charge on any atom is -0.480 e. The van der Waals surface area contributed by atoms with Crippen LogP contribution in [-0.2, 0) is 4.79 Å². The summed E-state index contributed by atoms with van der Waals surface area (Å²) in [4.78, 5) is 10.3. The van der Waals surface area contributed by atoms with Crippen molar-refractivity contribution in [1.82, 2.24) is 5.32 Å². The van der Waals surface area contributed by atoms with Gasteiger partial charge in [-0.25, -0.2) is 0 Å². The zero-order valence-corrected chi connectivity index (χ0v) is 6.29. The molecule has 1 atom stereocenters. The van der Waals surface area contributed by atoms with Gasteiger partial charge in [0.25, 0.3) is 0 Å². The minimum atomic E-state index is -0.892. The topological polar surface area (TPSA) is 75.3 Å². The standard InChI is InChI=1S/C6H14N2O2/c1-4(2)8-5(3-7)6(9)10/h4-5,8H,3,7H2,1-2H3,(H,9,10). The van der Waals surface area contributed by atoms with Gasteiger partial charge in [-0.3, -0.25) is 4.79 Å². The summed E-state index contributed by atoms with van der Waals surface area (Å²) in [6.07, 6.45) is 0. The molecule has 0 fully saturated rings. The summed E-state index contributed by atoms with van der Waals surface area (Å²) >= 11 is 0. The summed E-state index contributed by atoms with van der Waals surface area (Å²) in [5.74, 6) is -0.892. The normalized spacial score (nSPS) is 13.6. The van der Waals surface area contributed by atoms with E-state index in [1.165, 1.54) is 0 Å². The number of hydrogen-bond acceptors (Lipinski definition) is 3. The molecule has 0 heterocycles. The summed E-state index contributed by atoms with van der Waals surface area (Å²) in [6, 6.07) is -0.454. The van der Waals surface area contributed by atoms with Gasteiger partial charge in [-0.15, -0.1) is 0 Å². The van der Waals surface area contributed by atoms with Gasteiger partial charge in [0, 0.05) is 12.6 Å². The predicted molar refractivity (Wildman–Crippen MR) is 38.7 cm³/mol. The first-order valence-corrected chi connectivity index (χ1v) is 3.26. The number of carboxylic acid groups (broad SMARTS) is 1. The molecule has 0 aromatic rings. The van der Waals surface area contributed by atoms with Crippen LogP contribution < -0.4 is 11.1 Å². The quantitative estimate of drug-likeness (QED) is 0.495. The van der Waals surface area contributed by atoms with Crippen molar-refractivity contribution in [2.45, 2.75) is 25.9 Å². The zero-order chi connectivity index (χ0) is 8.15. The highest BCUT2D eigenvalue weighted by Gasteiger charge is 2.14. The van der Waals surface area contributed by atoms with Crippen molar-refractivity contribution in [3.05, 3.63) is 0 Å². The number of nitrogens with one attached hydrogen (secondary N) is 1. The van der Waals surface area contributed by atoms with Crippen LogP contribution >= 0.6 is 0 Å². The number of nitrogens with two attached hydrogens (primary N) is 1. The van der Waals surface area contributed by atoms with Crippen LogP contribution in [0.4, 0.5) is 0 Å². The highest BCUT2D eigenvalue weighted by molar-refractivity contribution is 5.73. The largest absolute Gasteiger partial charge is 0.480 e. The Bertz CT molecular complexity index is 114. The first-order chi connectivity index (χ1) is 4.57. The molecule has 4 N–H and O–H groups in total. The van der Waals surface area contributed by atoms with E-state index in [1.54, 1.807) is 0 Å². The fraction of sp³-hybridized carbons (Fsp3) is 0.833. The lowest BCUT2D eigenvalue weighted by molar-refractivity contribution is -0.139. The molecule has 0 amide bonds. The van der Waals surface area contributed by atoms with Gasteiger partial charge >= 0.3 is 5.97 Å². The summed E-state index contributed by atoms with van der Waals surface area (Å²) in [7, 11) is 0. The van der Waals surface area contributed by atoms with Gasteiger partial charge in [-0.1, -0.05) is 13.8 Å². The first kappa shape index (κ1) is 9.39. The molecule has 60 valence electrons. The molecule has 0 radical (unpaired) electrons. The van der Waals surface area contributed by atoms with Crippen molar-refractivity contribution in [3.63, 3.8) is 0 Å². The van der Waals surface area contributed by atoms with E-state index in [-0.39, 0.29) is 12.6 Å². The van der Waals surface area contributed by atoms with Gasteiger partial charge in [-0.2, -0.15) is 0 Å². The Morgan fingerprint density at radius 3 is 2.30 bits per heavy atom. The van der Waals surface area contributed by atoms with Gasteiger partial charge < -0.3 is 16.2 Å². The fourth-order valence-corrected chi connectivity index (χ4v) is 0.643. The number of aliphatic carboxylic acids is 1. The van der Waals surface area contributed by atoms with Crippen molar-refractivity contribution in [2.75, 3.05) is 6.54 Å². The summed E-state index contributed by atoms with van der Waals surface area (Å²) in [5.41, 5.74) is 5.18. The summed E-state index contributed by atoms with van der Waals surface area (Å²) in [5, 5.41) is 11.3. The monoisotopic (exact) mass is 146 g/mol. The molecular formula is C6H14N2O2. The molecular weight excluding hydrogens is 132 g/mol. The highest BCUT2D eigenvalue weighted by Crippen LogP contribution is 1.84. The van der Waals surface area contributed by atoms with E-state index in [9.17, 15) is 4.79 Å². The maximum absolute atomic E-state index is 10.3. The second-order valence-electron chi connectivity index (χ2n) is 2.45. The molecule has 0 aliphatic carbocycles. The molecule has 0 aromatic carbocycles. The summed E-state index contributed by atoms with van der Waals surface area (Å²) in [6.45, 7) is 3.89. The fourth-order valence-electron chi connectivity index (χ4n) is 0.643. The van der Waals surface area contributed by atoms with Crippen LogP contribution in [0.1, 0.15) is 13.8 Å². The van der Waals surface area contributed by atoms with Crippen LogP contribution in [0.2, 0.25) is 0 Å². The Hall–Kier alpha value is -0.610. The molecule has 0 aliphatic heterocycles. The third kappa shape index (κ3) is 3.42. The molecule has 0 rings (SSSR count). The third-order valence-electron chi connectivity index (χ3n) is 1.07. The van der Waals surface area contributed by atoms with Crippen LogP contribution in [0.5, 0.6) is 0 Å². The Kier molecular flexibility index (Phi) is 3.99. The van der Waals surface area contributed by atoms with Crippen molar-refractivity contribution >= 4 is 5.97 Å². The lowest BCUT2D eigenvalue weighted by Crippen LogP contribution is -2.45. The Labute approximate surface area is 60.4 Å². The van der Waals surface area contributed by atoms with Crippen molar-refractivity contribution in [3.8, 4) is 0 Å². The highest BCUT2D eigenvalue weighted by atomic mass is 16.4. The van der Waals surface area contributed by atoms with Crippen LogP contribution in [0.25, 0.3) is 0 Å². The molecule has 0 aromatic heterocycles. The van der Waals surface area contributed by atoms with Gasteiger partial charge in [-0.05, 0) is 0 Å². The van der Waals surface area contributed by atoms with E-state index >= 15 is 0 Å². The van der Waals surface area contributed by atoms with Crippen LogP contribution in [0, 0.1) is 0 Å². The van der Waals surface area contributed by atoms with Crippen molar-refractivity contribution in [2.24, 2.45) is 5.73 Å². The van der Waals surface area contributed by atoms with Crippen LogP contribution in [-0.4, -0.2) is 29.7 Å². The molecule has 0 saturated heterocycles. The van der Waals surface area contributed by atoms with Crippen LogP contribution in [0.3, 0.4) is 0 Å². The lowest BCUT2D eigenvalue weighted by Gasteiger charge is -2.14. The van der Waals surface area contributed by atoms with Gasteiger partial charge in [0.2, 0.25) is 0 Å². The smallest absolute Gasteiger partial charge is 0.322 e.